The Kier molecular flexibility index (Phi) is 1.44. The Morgan fingerprint density at radius 1 is 1.25 bits per heavy atom. The number of hydrogen-bond donors (Lipinski definition) is 1. The Labute approximate surface area is 73.5 Å². The number of nitrogens with two attached hydrogens (primary N) is 1. The summed E-state index contributed by atoms with van der Waals surface area (Å²) < 4.78 is 13.4. The molecule has 2 saturated carbocycles. The van der Waals surface area contributed by atoms with E-state index in [2.05, 4.69) is 20.8 Å². The first-order chi connectivity index (χ1) is 5.38. The zero-order valence-corrected chi connectivity index (χ0v) is 8.10. The van der Waals surface area contributed by atoms with Crippen LogP contribution < -0.4 is 5.73 Å². The first-order valence-corrected chi connectivity index (χ1v) is 4.78. The molecule has 2 heteroatoms. The summed E-state index contributed by atoms with van der Waals surface area (Å²) in [4.78, 5) is 0. The standard InChI is InChI=1S/C10H18FN/c1-9(2)4-6-7(11)5-10(9,3)8(6)12/h6-8H,4-5,12H2,1-3H3/t6-,7+,8?,10+/m0/s1. The fourth-order valence-corrected chi connectivity index (χ4v) is 3.19. The SMILES string of the molecule is CC1(C)C[C@@H]2C(N)[C@@]1(C)C[C@H]2F. The molecule has 0 radical (unpaired) electrons. The minimum atomic E-state index is -0.641. The van der Waals surface area contributed by atoms with Gasteiger partial charge in [-0.1, -0.05) is 20.8 Å². The van der Waals surface area contributed by atoms with Crippen LogP contribution in [0.2, 0.25) is 0 Å². The lowest BCUT2D eigenvalue weighted by Gasteiger charge is -2.40. The summed E-state index contributed by atoms with van der Waals surface area (Å²) in [7, 11) is 0. The lowest BCUT2D eigenvalue weighted by molar-refractivity contribution is 0.0665. The molecule has 0 aromatic heterocycles. The number of rotatable bonds is 0. The highest BCUT2D eigenvalue weighted by molar-refractivity contribution is 5.15. The molecule has 0 spiro atoms. The monoisotopic (exact) mass is 171 g/mol. The lowest BCUT2D eigenvalue weighted by atomic mass is 9.65. The molecule has 0 heterocycles. The maximum atomic E-state index is 13.4. The molecular weight excluding hydrogens is 153 g/mol. The van der Waals surface area contributed by atoms with Crippen molar-refractivity contribution >= 4 is 0 Å². The zero-order chi connectivity index (χ0) is 9.15. The quantitative estimate of drug-likeness (QED) is 0.593. The molecule has 0 saturated heterocycles. The summed E-state index contributed by atoms with van der Waals surface area (Å²) in [6.45, 7) is 6.59. The van der Waals surface area contributed by atoms with Gasteiger partial charge in [0.25, 0.3) is 0 Å². The molecule has 2 bridgehead atoms. The molecule has 1 unspecified atom stereocenters. The van der Waals surface area contributed by atoms with E-state index in [1.54, 1.807) is 0 Å². The van der Waals surface area contributed by atoms with Crippen LogP contribution in [0.3, 0.4) is 0 Å². The van der Waals surface area contributed by atoms with Gasteiger partial charge in [0.2, 0.25) is 0 Å². The smallest absolute Gasteiger partial charge is 0.105 e. The predicted octanol–water partition coefficient (Wildman–Crippen LogP) is 2.11. The Hall–Kier alpha value is -0.110. The summed E-state index contributed by atoms with van der Waals surface area (Å²) in [6.07, 6.45) is 0.996. The fraction of sp³-hybridized carbons (Fsp3) is 1.00. The first kappa shape index (κ1) is 8.49. The van der Waals surface area contributed by atoms with Crippen LogP contribution in [0.5, 0.6) is 0 Å². The molecular formula is C10H18FN. The van der Waals surface area contributed by atoms with Crippen molar-refractivity contribution in [3.8, 4) is 0 Å². The van der Waals surface area contributed by atoms with Crippen molar-refractivity contribution in [2.75, 3.05) is 0 Å². The minimum Gasteiger partial charge on any atom is -0.327 e. The predicted molar refractivity (Wildman–Crippen MR) is 47.5 cm³/mol. The Bertz CT molecular complexity index is 214. The van der Waals surface area contributed by atoms with Gasteiger partial charge in [0.1, 0.15) is 6.17 Å². The highest BCUT2D eigenvalue weighted by atomic mass is 19.1. The summed E-state index contributed by atoms with van der Waals surface area (Å²) in [6, 6.07) is 0.0856. The summed E-state index contributed by atoms with van der Waals surface area (Å²) in [5.41, 5.74) is 6.32. The van der Waals surface area contributed by atoms with E-state index < -0.39 is 6.17 Å². The van der Waals surface area contributed by atoms with Crippen LogP contribution in [0.1, 0.15) is 33.6 Å². The molecule has 0 aromatic rings. The largest absolute Gasteiger partial charge is 0.327 e. The second-order valence-corrected chi connectivity index (χ2v) is 5.42. The maximum absolute atomic E-state index is 13.4. The van der Waals surface area contributed by atoms with E-state index in [-0.39, 0.29) is 22.8 Å². The molecule has 1 nitrogen and oxygen atoms in total. The average molecular weight is 171 g/mol. The van der Waals surface area contributed by atoms with E-state index in [0.717, 1.165) is 6.42 Å². The van der Waals surface area contributed by atoms with Crippen LogP contribution in [0, 0.1) is 16.7 Å². The number of fused-ring (bicyclic) bond motifs is 2. The molecule has 70 valence electrons. The zero-order valence-electron chi connectivity index (χ0n) is 8.10. The first-order valence-electron chi connectivity index (χ1n) is 4.78. The molecule has 4 atom stereocenters. The van der Waals surface area contributed by atoms with E-state index >= 15 is 0 Å². The van der Waals surface area contributed by atoms with Crippen LogP contribution in [0.25, 0.3) is 0 Å². The van der Waals surface area contributed by atoms with Crippen molar-refractivity contribution in [1.82, 2.24) is 0 Å². The highest BCUT2D eigenvalue weighted by Gasteiger charge is 2.63. The number of alkyl halides is 1. The molecule has 2 aliphatic carbocycles. The van der Waals surface area contributed by atoms with Gasteiger partial charge < -0.3 is 5.73 Å². The maximum Gasteiger partial charge on any atom is 0.105 e. The number of hydrogen-bond acceptors (Lipinski definition) is 1. The van der Waals surface area contributed by atoms with Crippen molar-refractivity contribution in [2.24, 2.45) is 22.5 Å². The van der Waals surface area contributed by atoms with Gasteiger partial charge in [-0.05, 0) is 23.7 Å². The van der Waals surface area contributed by atoms with Crippen LogP contribution in [0.15, 0.2) is 0 Å². The third-order valence-electron chi connectivity index (χ3n) is 4.57. The molecule has 0 amide bonds. The van der Waals surface area contributed by atoms with E-state index in [1.165, 1.54) is 0 Å². The molecule has 0 aromatic carbocycles. The Morgan fingerprint density at radius 3 is 2.08 bits per heavy atom. The van der Waals surface area contributed by atoms with Gasteiger partial charge >= 0.3 is 0 Å². The Morgan fingerprint density at radius 2 is 1.83 bits per heavy atom. The third-order valence-corrected chi connectivity index (χ3v) is 4.57. The summed E-state index contributed by atoms with van der Waals surface area (Å²) >= 11 is 0. The van der Waals surface area contributed by atoms with Gasteiger partial charge in [0, 0.05) is 12.0 Å². The van der Waals surface area contributed by atoms with Crippen molar-refractivity contribution in [3.05, 3.63) is 0 Å². The van der Waals surface area contributed by atoms with Gasteiger partial charge in [-0.2, -0.15) is 0 Å². The van der Waals surface area contributed by atoms with Crippen LogP contribution in [0.4, 0.5) is 4.39 Å². The summed E-state index contributed by atoms with van der Waals surface area (Å²) in [5.74, 6) is 0.130. The van der Waals surface area contributed by atoms with Gasteiger partial charge in [-0.15, -0.1) is 0 Å². The van der Waals surface area contributed by atoms with E-state index in [4.69, 9.17) is 5.73 Å². The van der Waals surface area contributed by atoms with Gasteiger partial charge in [0.15, 0.2) is 0 Å². The topological polar surface area (TPSA) is 26.0 Å². The van der Waals surface area contributed by atoms with Gasteiger partial charge in [-0.3, -0.25) is 0 Å². The van der Waals surface area contributed by atoms with E-state index in [9.17, 15) is 4.39 Å². The third kappa shape index (κ3) is 0.723. The van der Waals surface area contributed by atoms with E-state index in [1.807, 2.05) is 0 Å². The molecule has 12 heavy (non-hydrogen) atoms. The van der Waals surface area contributed by atoms with Crippen LogP contribution >= 0.6 is 0 Å². The van der Waals surface area contributed by atoms with Crippen LogP contribution in [-0.4, -0.2) is 12.2 Å². The van der Waals surface area contributed by atoms with Crippen LogP contribution in [-0.2, 0) is 0 Å². The normalized spacial score (nSPS) is 56.2. The lowest BCUT2D eigenvalue weighted by Crippen LogP contribution is -2.40. The Balaban J connectivity index is 2.37. The van der Waals surface area contributed by atoms with Crippen molar-refractivity contribution < 1.29 is 4.39 Å². The molecule has 2 rings (SSSR count). The molecule has 0 aliphatic heterocycles. The second-order valence-electron chi connectivity index (χ2n) is 5.42. The van der Waals surface area contributed by atoms with Gasteiger partial charge in [0.05, 0.1) is 0 Å². The average Bonchev–Trinajstić information content (AvgIpc) is 2.21. The number of halogens is 1. The van der Waals surface area contributed by atoms with E-state index in [0.29, 0.717) is 6.42 Å². The van der Waals surface area contributed by atoms with Crippen molar-refractivity contribution in [1.29, 1.82) is 0 Å². The van der Waals surface area contributed by atoms with Gasteiger partial charge in [-0.25, -0.2) is 4.39 Å². The van der Waals surface area contributed by atoms with Crippen molar-refractivity contribution in [3.63, 3.8) is 0 Å². The second kappa shape index (κ2) is 2.03. The minimum absolute atomic E-state index is 0.0388. The fourth-order valence-electron chi connectivity index (χ4n) is 3.19. The molecule has 2 aliphatic rings. The highest BCUT2D eigenvalue weighted by Crippen LogP contribution is 2.63. The summed E-state index contributed by atoms with van der Waals surface area (Å²) in [5, 5.41) is 0. The molecule has 2 fully saturated rings. The molecule has 2 N–H and O–H groups in total. The van der Waals surface area contributed by atoms with Crippen molar-refractivity contribution in [2.45, 2.75) is 45.8 Å².